The first-order chi connectivity index (χ1) is 10.1. The van der Waals surface area contributed by atoms with Gasteiger partial charge in [-0.15, -0.1) is 0 Å². The van der Waals surface area contributed by atoms with Crippen molar-refractivity contribution in [3.63, 3.8) is 0 Å². The maximum Gasteiger partial charge on any atom is 0.247 e. The summed E-state index contributed by atoms with van der Waals surface area (Å²) in [5.41, 5.74) is 1.04. The molecule has 1 aliphatic carbocycles. The smallest absolute Gasteiger partial charge is 0.247 e. The fourth-order valence-electron chi connectivity index (χ4n) is 2.81. The molecule has 21 heavy (non-hydrogen) atoms. The van der Waals surface area contributed by atoms with E-state index in [4.69, 9.17) is 4.74 Å². The lowest BCUT2D eigenvalue weighted by atomic mass is 10.1. The van der Waals surface area contributed by atoms with Gasteiger partial charge in [-0.05, 0) is 37.5 Å². The Kier molecular flexibility index (Phi) is 3.68. The van der Waals surface area contributed by atoms with Crippen LogP contribution < -0.4 is 10.1 Å². The quantitative estimate of drug-likeness (QED) is 0.837. The number of carbonyl (C=O) groups is 2. The number of benzene rings is 1. The Bertz CT molecular complexity index is 568. The fraction of sp³-hybridized carbons (Fsp3) is 0.500. The number of hydrogen-bond acceptors (Lipinski definition) is 4. The number of carbonyl (C=O) groups excluding carboxylic acids is 2. The second-order valence-corrected chi connectivity index (χ2v) is 5.75. The van der Waals surface area contributed by atoms with Crippen LogP contribution in [-0.4, -0.2) is 35.9 Å². The lowest BCUT2D eigenvalue weighted by molar-refractivity contribution is -0.139. The molecule has 1 aromatic carbocycles. The van der Waals surface area contributed by atoms with Crippen LogP contribution in [0.5, 0.6) is 5.75 Å². The van der Waals surface area contributed by atoms with E-state index in [0.29, 0.717) is 0 Å². The van der Waals surface area contributed by atoms with Gasteiger partial charge in [-0.1, -0.05) is 12.1 Å². The van der Waals surface area contributed by atoms with Gasteiger partial charge in [0.25, 0.3) is 0 Å². The molecule has 5 heteroatoms. The van der Waals surface area contributed by atoms with Crippen LogP contribution in [0.15, 0.2) is 24.3 Å². The number of ether oxygens (including phenoxy) is 1. The molecule has 112 valence electrons. The van der Waals surface area contributed by atoms with Gasteiger partial charge in [0.2, 0.25) is 11.8 Å². The lowest BCUT2D eigenvalue weighted by Gasteiger charge is -2.19. The molecule has 2 fully saturated rings. The van der Waals surface area contributed by atoms with Crippen LogP contribution in [-0.2, 0) is 9.59 Å². The number of hydrogen-bond donors (Lipinski definition) is 1. The van der Waals surface area contributed by atoms with Crippen molar-refractivity contribution >= 4 is 11.8 Å². The van der Waals surface area contributed by atoms with Crippen molar-refractivity contribution in [3.05, 3.63) is 29.8 Å². The normalized spacial score (nSPS) is 23.5. The molecular weight excluding hydrogens is 268 g/mol. The fourth-order valence-corrected chi connectivity index (χ4v) is 2.81. The molecule has 0 spiro atoms. The first-order valence-electron chi connectivity index (χ1n) is 7.36. The summed E-state index contributed by atoms with van der Waals surface area (Å²) in [6.45, 7) is 1.99. The Labute approximate surface area is 124 Å². The van der Waals surface area contributed by atoms with Crippen molar-refractivity contribution in [2.24, 2.45) is 0 Å². The molecule has 1 heterocycles. The van der Waals surface area contributed by atoms with Gasteiger partial charge in [0.1, 0.15) is 5.75 Å². The molecule has 2 unspecified atom stereocenters. The number of likely N-dealkylation sites (tertiary alicyclic amines) is 1. The maximum atomic E-state index is 12.3. The second kappa shape index (κ2) is 5.48. The summed E-state index contributed by atoms with van der Waals surface area (Å²) in [7, 11) is 1.63. The molecule has 0 bridgehead atoms. The number of nitrogens with one attached hydrogen (secondary N) is 1. The van der Waals surface area contributed by atoms with E-state index in [-0.39, 0.29) is 30.3 Å². The van der Waals surface area contributed by atoms with Crippen molar-refractivity contribution in [2.75, 3.05) is 7.11 Å². The minimum absolute atomic E-state index is 0.0130. The molecule has 1 aromatic rings. The van der Waals surface area contributed by atoms with E-state index in [1.807, 2.05) is 31.2 Å². The van der Waals surface area contributed by atoms with E-state index in [2.05, 4.69) is 5.32 Å². The Balaban J connectivity index is 1.68. The summed E-state index contributed by atoms with van der Waals surface area (Å²) in [5.74, 6) is 0.671. The predicted molar refractivity (Wildman–Crippen MR) is 77.8 cm³/mol. The average Bonchev–Trinajstić information content (AvgIpc) is 3.27. The van der Waals surface area contributed by atoms with Gasteiger partial charge < -0.3 is 4.74 Å². The third kappa shape index (κ3) is 2.78. The van der Waals surface area contributed by atoms with Crippen LogP contribution in [0.1, 0.15) is 37.8 Å². The summed E-state index contributed by atoms with van der Waals surface area (Å²) >= 11 is 0. The summed E-state index contributed by atoms with van der Waals surface area (Å²) in [6, 6.07) is 7.47. The number of rotatable bonds is 5. The molecular formula is C16H20N2O3. The standard InChI is InChI=1S/C16H20N2O3/c1-10(11-4-3-5-13(8-11)21-2)17-14-9-15(19)18(16(14)20)12-6-7-12/h3-5,8,10,12,14,17H,6-7,9H2,1-2H3. The van der Waals surface area contributed by atoms with Crippen LogP contribution in [0.4, 0.5) is 0 Å². The van der Waals surface area contributed by atoms with Crippen molar-refractivity contribution in [3.8, 4) is 5.75 Å². The lowest BCUT2D eigenvalue weighted by Crippen LogP contribution is -2.40. The summed E-state index contributed by atoms with van der Waals surface area (Å²) in [6.07, 6.45) is 2.18. The maximum absolute atomic E-state index is 12.3. The molecule has 0 radical (unpaired) electrons. The van der Waals surface area contributed by atoms with Crippen molar-refractivity contribution < 1.29 is 14.3 Å². The second-order valence-electron chi connectivity index (χ2n) is 5.75. The molecule has 5 nitrogen and oxygen atoms in total. The van der Waals surface area contributed by atoms with Gasteiger partial charge >= 0.3 is 0 Å². The highest BCUT2D eigenvalue weighted by Crippen LogP contribution is 2.32. The molecule has 1 N–H and O–H groups in total. The average molecular weight is 288 g/mol. The zero-order valence-corrected chi connectivity index (χ0v) is 12.3. The SMILES string of the molecule is COc1cccc(C(C)NC2CC(=O)N(C3CC3)C2=O)c1. The van der Waals surface area contributed by atoms with E-state index in [1.165, 1.54) is 4.90 Å². The molecule has 1 saturated heterocycles. The first-order valence-corrected chi connectivity index (χ1v) is 7.36. The zero-order valence-electron chi connectivity index (χ0n) is 12.3. The summed E-state index contributed by atoms with van der Waals surface area (Å²) in [4.78, 5) is 25.7. The van der Waals surface area contributed by atoms with E-state index < -0.39 is 6.04 Å². The largest absolute Gasteiger partial charge is 0.497 e. The Morgan fingerprint density at radius 3 is 2.76 bits per heavy atom. The highest BCUT2D eigenvalue weighted by Gasteiger charge is 2.46. The van der Waals surface area contributed by atoms with Gasteiger partial charge in [0.15, 0.2) is 0 Å². The summed E-state index contributed by atoms with van der Waals surface area (Å²) < 4.78 is 5.21. The highest BCUT2D eigenvalue weighted by atomic mass is 16.5. The molecule has 3 rings (SSSR count). The third-order valence-electron chi connectivity index (χ3n) is 4.14. The Hall–Kier alpha value is -1.88. The predicted octanol–water partition coefficient (Wildman–Crippen LogP) is 1.64. The Morgan fingerprint density at radius 1 is 1.33 bits per heavy atom. The van der Waals surface area contributed by atoms with Gasteiger partial charge in [0, 0.05) is 12.1 Å². The van der Waals surface area contributed by atoms with Gasteiger partial charge in [0.05, 0.1) is 19.6 Å². The van der Waals surface area contributed by atoms with Gasteiger partial charge in [-0.25, -0.2) is 0 Å². The molecule has 2 amide bonds. The van der Waals surface area contributed by atoms with E-state index in [9.17, 15) is 9.59 Å². The Morgan fingerprint density at radius 2 is 2.10 bits per heavy atom. The first kappa shape index (κ1) is 14.1. The van der Waals surface area contributed by atoms with E-state index in [0.717, 1.165) is 24.2 Å². The van der Waals surface area contributed by atoms with Crippen LogP contribution in [0.25, 0.3) is 0 Å². The van der Waals surface area contributed by atoms with Crippen molar-refractivity contribution in [1.29, 1.82) is 0 Å². The van der Waals surface area contributed by atoms with Gasteiger partial charge in [-0.2, -0.15) is 0 Å². The highest BCUT2D eigenvalue weighted by molar-refractivity contribution is 6.06. The van der Waals surface area contributed by atoms with Crippen LogP contribution in [0, 0.1) is 0 Å². The molecule has 2 aliphatic rings. The monoisotopic (exact) mass is 288 g/mol. The minimum Gasteiger partial charge on any atom is -0.497 e. The van der Waals surface area contributed by atoms with Gasteiger partial charge in [-0.3, -0.25) is 19.8 Å². The number of methoxy groups -OCH3 is 1. The molecule has 2 atom stereocenters. The molecule has 1 aliphatic heterocycles. The van der Waals surface area contributed by atoms with E-state index in [1.54, 1.807) is 7.11 Å². The van der Waals surface area contributed by atoms with Crippen molar-refractivity contribution in [1.82, 2.24) is 10.2 Å². The third-order valence-corrected chi connectivity index (χ3v) is 4.14. The number of amides is 2. The molecule has 0 aromatic heterocycles. The molecule has 1 saturated carbocycles. The van der Waals surface area contributed by atoms with E-state index >= 15 is 0 Å². The summed E-state index contributed by atoms with van der Waals surface area (Å²) in [5, 5.41) is 3.27. The minimum atomic E-state index is -0.403. The van der Waals surface area contributed by atoms with Crippen LogP contribution >= 0.6 is 0 Å². The topological polar surface area (TPSA) is 58.6 Å². The number of nitrogens with zero attached hydrogens (tertiary/aromatic N) is 1. The van der Waals surface area contributed by atoms with Crippen molar-refractivity contribution in [2.45, 2.75) is 44.3 Å². The zero-order chi connectivity index (χ0) is 15.0. The van der Waals surface area contributed by atoms with Crippen LogP contribution in [0.2, 0.25) is 0 Å². The number of imide groups is 1. The van der Waals surface area contributed by atoms with Crippen LogP contribution in [0.3, 0.4) is 0 Å².